The Morgan fingerprint density at radius 1 is 1.33 bits per heavy atom. The summed E-state index contributed by atoms with van der Waals surface area (Å²) in [6.45, 7) is 4.01. The lowest BCUT2D eigenvalue weighted by molar-refractivity contribution is 0.0776. The smallest absolute Gasteiger partial charge is 0.274 e. The summed E-state index contributed by atoms with van der Waals surface area (Å²) in [5, 5.41) is 3.84. The number of hydrogen-bond acceptors (Lipinski definition) is 5. The highest BCUT2D eigenvalue weighted by Crippen LogP contribution is 2.07. The molecule has 0 atom stereocenters. The molecule has 0 aliphatic heterocycles. The highest BCUT2D eigenvalue weighted by molar-refractivity contribution is 5.91. The van der Waals surface area contributed by atoms with E-state index in [0.29, 0.717) is 17.9 Å². The summed E-state index contributed by atoms with van der Waals surface area (Å²) in [7, 11) is 1.69. The Hall–Kier alpha value is -2.24. The molecule has 0 bridgehead atoms. The normalized spacial score (nSPS) is 10.4. The van der Waals surface area contributed by atoms with Crippen molar-refractivity contribution in [1.29, 1.82) is 0 Å². The third-order valence-corrected chi connectivity index (χ3v) is 2.42. The first-order chi connectivity index (χ1) is 8.56. The molecule has 1 amide bonds. The SMILES string of the molecule is Cc1cnc(C(=O)N(C)Cc2cc(C)on2)cn1. The first kappa shape index (κ1) is 12.2. The Morgan fingerprint density at radius 3 is 2.67 bits per heavy atom. The van der Waals surface area contributed by atoms with Gasteiger partial charge in [-0.2, -0.15) is 0 Å². The van der Waals surface area contributed by atoms with Crippen LogP contribution in [0.15, 0.2) is 23.0 Å². The van der Waals surface area contributed by atoms with Crippen LogP contribution in [0.5, 0.6) is 0 Å². The van der Waals surface area contributed by atoms with Crippen LogP contribution in [0.2, 0.25) is 0 Å². The predicted octanol–water partition coefficient (Wildman–Crippen LogP) is 1.35. The van der Waals surface area contributed by atoms with Crippen molar-refractivity contribution in [2.45, 2.75) is 20.4 Å². The summed E-state index contributed by atoms with van der Waals surface area (Å²) in [6.07, 6.45) is 3.05. The quantitative estimate of drug-likeness (QED) is 0.817. The fraction of sp³-hybridized carbons (Fsp3) is 0.333. The van der Waals surface area contributed by atoms with Gasteiger partial charge < -0.3 is 9.42 Å². The van der Waals surface area contributed by atoms with Gasteiger partial charge in [-0.25, -0.2) is 4.98 Å². The molecule has 2 aromatic rings. The zero-order chi connectivity index (χ0) is 13.1. The van der Waals surface area contributed by atoms with Gasteiger partial charge in [-0.1, -0.05) is 5.16 Å². The van der Waals surface area contributed by atoms with Crippen molar-refractivity contribution in [3.8, 4) is 0 Å². The molecule has 2 rings (SSSR count). The molecule has 2 aromatic heterocycles. The average Bonchev–Trinajstić information content (AvgIpc) is 2.75. The van der Waals surface area contributed by atoms with Gasteiger partial charge in [0.05, 0.1) is 18.4 Å². The molecule has 0 saturated carbocycles. The number of carbonyl (C=O) groups excluding carboxylic acids is 1. The number of nitrogens with zero attached hydrogens (tertiary/aromatic N) is 4. The second-order valence-corrected chi connectivity index (χ2v) is 4.13. The van der Waals surface area contributed by atoms with Gasteiger partial charge in [0.1, 0.15) is 17.1 Å². The molecular formula is C12H14N4O2. The lowest BCUT2D eigenvalue weighted by atomic mass is 10.3. The molecule has 0 spiro atoms. The minimum absolute atomic E-state index is 0.192. The van der Waals surface area contributed by atoms with Gasteiger partial charge in [-0.05, 0) is 13.8 Å². The third kappa shape index (κ3) is 2.71. The van der Waals surface area contributed by atoms with Crippen molar-refractivity contribution in [3.63, 3.8) is 0 Å². The third-order valence-electron chi connectivity index (χ3n) is 2.42. The van der Waals surface area contributed by atoms with E-state index in [2.05, 4.69) is 15.1 Å². The highest BCUT2D eigenvalue weighted by atomic mass is 16.5. The molecule has 0 radical (unpaired) electrons. The molecule has 0 N–H and O–H groups in total. The fourth-order valence-corrected chi connectivity index (χ4v) is 1.51. The van der Waals surface area contributed by atoms with Crippen LogP contribution >= 0.6 is 0 Å². The standard InChI is InChI=1S/C12H14N4O2/c1-8-5-14-11(6-13-8)12(17)16(3)7-10-4-9(2)18-15-10/h4-6H,7H2,1-3H3. The monoisotopic (exact) mass is 246 g/mol. The van der Waals surface area contributed by atoms with Crippen LogP contribution in [0.1, 0.15) is 27.6 Å². The molecule has 94 valence electrons. The summed E-state index contributed by atoms with van der Waals surface area (Å²) in [6, 6.07) is 1.80. The molecule has 18 heavy (non-hydrogen) atoms. The zero-order valence-electron chi connectivity index (χ0n) is 10.5. The first-order valence-corrected chi connectivity index (χ1v) is 5.52. The highest BCUT2D eigenvalue weighted by Gasteiger charge is 2.15. The van der Waals surface area contributed by atoms with E-state index in [4.69, 9.17) is 4.52 Å². The lowest BCUT2D eigenvalue weighted by Crippen LogP contribution is -2.27. The van der Waals surface area contributed by atoms with Crippen LogP contribution in [0.3, 0.4) is 0 Å². The topological polar surface area (TPSA) is 72.1 Å². The van der Waals surface area contributed by atoms with E-state index in [0.717, 1.165) is 11.5 Å². The van der Waals surface area contributed by atoms with E-state index in [9.17, 15) is 4.79 Å². The summed E-state index contributed by atoms with van der Waals surface area (Å²) in [5.74, 6) is 0.532. The van der Waals surface area contributed by atoms with Gasteiger partial charge >= 0.3 is 0 Å². The van der Waals surface area contributed by atoms with Gasteiger partial charge in [-0.3, -0.25) is 9.78 Å². The second kappa shape index (κ2) is 4.95. The molecule has 6 nitrogen and oxygen atoms in total. The molecule has 6 heteroatoms. The number of amides is 1. The molecule has 0 aliphatic rings. The number of rotatable bonds is 3. The maximum absolute atomic E-state index is 12.0. The number of hydrogen-bond donors (Lipinski definition) is 0. The van der Waals surface area contributed by atoms with Gasteiger partial charge in [0, 0.05) is 19.3 Å². The van der Waals surface area contributed by atoms with Crippen LogP contribution in [0.25, 0.3) is 0 Å². The average molecular weight is 246 g/mol. The second-order valence-electron chi connectivity index (χ2n) is 4.13. The van der Waals surface area contributed by atoms with Crippen LogP contribution in [0.4, 0.5) is 0 Å². The van der Waals surface area contributed by atoms with E-state index in [1.165, 1.54) is 11.1 Å². The predicted molar refractivity (Wildman–Crippen MR) is 63.8 cm³/mol. The van der Waals surface area contributed by atoms with Crippen LogP contribution in [-0.4, -0.2) is 33.0 Å². The van der Waals surface area contributed by atoms with E-state index in [1.807, 2.05) is 13.8 Å². The van der Waals surface area contributed by atoms with E-state index in [-0.39, 0.29) is 5.91 Å². The Morgan fingerprint density at radius 2 is 2.11 bits per heavy atom. The van der Waals surface area contributed by atoms with Crippen molar-refractivity contribution < 1.29 is 9.32 Å². The van der Waals surface area contributed by atoms with Crippen molar-refractivity contribution >= 4 is 5.91 Å². The molecule has 0 aliphatic carbocycles. The minimum atomic E-state index is -0.192. The maximum Gasteiger partial charge on any atom is 0.274 e. The van der Waals surface area contributed by atoms with Crippen LogP contribution in [-0.2, 0) is 6.54 Å². The van der Waals surface area contributed by atoms with Crippen molar-refractivity contribution in [2.24, 2.45) is 0 Å². The van der Waals surface area contributed by atoms with Gasteiger partial charge in [0.25, 0.3) is 5.91 Å². The fourth-order valence-electron chi connectivity index (χ4n) is 1.51. The summed E-state index contributed by atoms with van der Waals surface area (Å²) in [5.41, 5.74) is 1.81. The summed E-state index contributed by atoms with van der Waals surface area (Å²) < 4.78 is 4.95. The number of carbonyl (C=O) groups is 1. The Labute approximate surface area is 105 Å². The maximum atomic E-state index is 12.0. The van der Waals surface area contributed by atoms with E-state index in [1.54, 1.807) is 19.3 Å². The molecule has 0 aromatic carbocycles. The Kier molecular flexibility index (Phi) is 3.36. The molecule has 0 saturated heterocycles. The Bertz CT molecular complexity index is 547. The van der Waals surface area contributed by atoms with Crippen molar-refractivity contribution in [2.75, 3.05) is 7.05 Å². The Balaban J connectivity index is 2.07. The lowest BCUT2D eigenvalue weighted by Gasteiger charge is -2.14. The van der Waals surface area contributed by atoms with Crippen LogP contribution < -0.4 is 0 Å². The van der Waals surface area contributed by atoms with Crippen molar-refractivity contribution in [3.05, 3.63) is 41.3 Å². The van der Waals surface area contributed by atoms with Gasteiger partial charge in [0.15, 0.2) is 0 Å². The van der Waals surface area contributed by atoms with E-state index >= 15 is 0 Å². The first-order valence-electron chi connectivity index (χ1n) is 5.52. The van der Waals surface area contributed by atoms with Crippen LogP contribution in [0, 0.1) is 13.8 Å². The summed E-state index contributed by atoms with van der Waals surface area (Å²) in [4.78, 5) is 21.7. The number of aryl methyl sites for hydroxylation is 2. The summed E-state index contributed by atoms with van der Waals surface area (Å²) >= 11 is 0. The van der Waals surface area contributed by atoms with Gasteiger partial charge in [-0.15, -0.1) is 0 Å². The molecule has 0 unspecified atom stereocenters. The van der Waals surface area contributed by atoms with Crippen molar-refractivity contribution in [1.82, 2.24) is 20.0 Å². The van der Waals surface area contributed by atoms with Gasteiger partial charge in [0.2, 0.25) is 0 Å². The van der Waals surface area contributed by atoms with E-state index < -0.39 is 0 Å². The minimum Gasteiger partial charge on any atom is -0.361 e. The number of aromatic nitrogens is 3. The molecular weight excluding hydrogens is 232 g/mol. The molecule has 2 heterocycles. The zero-order valence-corrected chi connectivity index (χ0v) is 10.5. The molecule has 0 fully saturated rings. The largest absolute Gasteiger partial charge is 0.361 e.